The maximum Gasteiger partial charge on any atom is 0.195 e. The zero-order valence-electron chi connectivity index (χ0n) is 15.7. The zero-order chi connectivity index (χ0) is 18.8. The lowest BCUT2D eigenvalue weighted by Gasteiger charge is -2.37. The number of carbonyl (C=O) groups is 1. The van der Waals surface area contributed by atoms with E-state index in [4.69, 9.17) is 0 Å². The summed E-state index contributed by atoms with van der Waals surface area (Å²) in [7, 11) is 0. The first kappa shape index (κ1) is 18.0. The Morgan fingerprint density at radius 3 is 2.48 bits per heavy atom. The van der Waals surface area contributed by atoms with Crippen LogP contribution < -0.4 is 0 Å². The van der Waals surface area contributed by atoms with Gasteiger partial charge in [0.2, 0.25) is 0 Å². The summed E-state index contributed by atoms with van der Waals surface area (Å²) < 4.78 is 0. The molecule has 140 valence electrons. The second-order valence-corrected chi connectivity index (χ2v) is 7.51. The maximum atomic E-state index is 13.2. The number of Topliss-reactive ketones (excluding diaryl/α,β-unsaturated/α-hetero) is 1. The molecule has 0 bridgehead atoms. The first-order chi connectivity index (χ1) is 13.1. The number of aryl methyl sites for hydroxylation is 1. The van der Waals surface area contributed by atoms with Gasteiger partial charge in [0, 0.05) is 22.7 Å². The summed E-state index contributed by atoms with van der Waals surface area (Å²) in [4.78, 5) is 18.7. The highest BCUT2D eigenvalue weighted by molar-refractivity contribution is 6.10. The second kappa shape index (κ2) is 7.67. The SMILES string of the molecule is Cc1ccc([C@@H]([C@H](O)C(=O)c2c[nH]c3ccccc23)N2CCCCC2)cc1. The van der Waals surface area contributed by atoms with Crippen molar-refractivity contribution in [2.45, 2.75) is 38.3 Å². The highest BCUT2D eigenvalue weighted by Gasteiger charge is 2.34. The smallest absolute Gasteiger partial charge is 0.195 e. The molecule has 2 atom stereocenters. The summed E-state index contributed by atoms with van der Waals surface area (Å²) in [6.07, 6.45) is 4.06. The Balaban J connectivity index is 1.69. The Morgan fingerprint density at radius 2 is 1.74 bits per heavy atom. The van der Waals surface area contributed by atoms with Gasteiger partial charge in [-0.3, -0.25) is 9.69 Å². The Morgan fingerprint density at radius 1 is 1.04 bits per heavy atom. The summed E-state index contributed by atoms with van der Waals surface area (Å²) >= 11 is 0. The van der Waals surface area contributed by atoms with Crippen LogP contribution in [-0.4, -0.2) is 40.0 Å². The number of aromatic nitrogens is 1. The molecule has 0 aliphatic carbocycles. The van der Waals surface area contributed by atoms with Gasteiger partial charge < -0.3 is 10.1 Å². The average molecular weight is 362 g/mol. The summed E-state index contributed by atoms with van der Waals surface area (Å²) in [5.41, 5.74) is 3.65. The van der Waals surface area contributed by atoms with Crippen LogP contribution in [-0.2, 0) is 0 Å². The number of nitrogens with one attached hydrogen (secondary N) is 1. The zero-order valence-corrected chi connectivity index (χ0v) is 15.7. The van der Waals surface area contributed by atoms with E-state index in [1.807, 2.05) is 43.3 Å². The van der Waals surface area contributed by atoms with Crippen molar-refractivity contribution in [1.29, 1.82) is 0 Å². The minimum atomic E-state index is -1.09. The van der Waals surface area contributed by atoms with Gasteiger partial charge >= 0.3 is 0 Å². The van der Waals surface area contributed by atoms with Crippen molar-refractivity contribution in [3.63, 3.8) is 0 Å². The number of para-hydroxylation sites is 1. The van der Waals surface area contributed by atoms with E-state index in [0.29, 0.717) is 5.56 Å². The molecule has 2 heterocycles. The van der Waals surface area contributed by atoms with Gasteiger partial charge in [0.05, 0.1) is 6.04 Å². The van der Waals surface area contributed by atoms with Crippen molar-refractivity contribution in [2.75, 3.05) is 13.1 Å². The van der Waals surface area contributed by atoms with Crippen molar-refractivity contribution >= 4 is 16.7 Å². The fourth-order valence-electron chi connectivity index (χ4n) is 4.13. The lowest BCUT2D eigenvalue weighted by Crippen LogP contribution is -2.43. The average Bonchev–Trinajstić information content (AvgIpc) is 3.14. The molecule has 4 heteroatoms. The predicted molar refractivity (Wildman–Crippen MR) is 108 cm³/mol. The van der Waals surface area contributed by atoms with Crippen molar-refractivity contribution in [3.05, 3.63) is 71.4 Å². The molecule has 0 unspecified atom stereocenters. The molecule has 0 saturated carbocycles. The number of likely N-dealkylation sites (tertiary alicyclic amines) is 1. The van der Waals surface area contributed by atoms with Crippen molar-refractivity contribution < 1.29 is 9.90 Å². The molecule has 27 heavy (non-hydrogen) atoms. The molecule has 3 aromatic rings. The molecule has 1 aliphatic rings. The van der Waals surface area contributed by atoms with Crippen LogP contribution in [0.25, 0.3) is 10.9 Å². The number of H-pyrrole nitrogens is 1. The van der Waals surface area contributed by atoms with Crippen LogP contribution in [0.5, 0.6) is 0 Å². The third-order valence-corrected chi connectivity index (χ3v) is 5.63. The Hall–Kier alpha value is -2.43. The maximum absolute atomic E-state index is 13.2. The van der Waals surface area contributed by atoms with Crippen molar-refractivity contribution in [3.8, 4) is 0 Å². The highest BCUT2D eigenvalue weighted by Crippen LogP contribution is 2.31. The summed E-state index contributed by atoms with van der Waals surface area (Å²) in [5, 5.41) is 12.0. The van der Waals surface area contributed by atoms with Gasteiger partial charge in [-0.2, -0.15) is 0 Å². The predicted octanol–water partition coefficient (Wildman–Crippen LogP) is 4.25. The fourth-order valence-corrected chi connectivity index (χ4v) is 4.13. The van der Waals surface area contributed by atoms with Gasteiger partial charge in [0.25, 0.3) is 0 Å². The van der Waals surface area contributed by atoms with E-state index >= 15 is 0 Å². The number of benzene rings is 2. The lowest BCUT2D eigenvalue weighted by atomic mass is 9.91. The minimum Gasteiger partial charge on any atom is -0.383 e. The molecule has 1 fully saturated rings. The van der Waals surface area contributed by atoms with Crippen LogP contribution in [0.4, 0.5) is 0 Å². The third kappa shape index (κ3) is 3.55. The molecular formula is C23H26N2O2. The summed E-state index contributed by atoms with van der Waals surface area (Å²) in [5.74, 6) is -0.219. The van der Waals surface area contributed by atoms with Crippen LogP contribution in [0.3, 0.4) is 0 Å². The molecule has 0 spiro atoms. The number of ketones is 1. The fraction of sp³-hybridized carbons (Fsp3) is 0.348. The number of aliphatic hydroxyl groups is 1. The van der Waals surface area contributed by atoms with E-state index in [1.165, 1.54) is 12.0 Å². The summed E-state index contributed by atoms with van der Waals surface area (Å²) in [6, 6.07) is 15.6. The molecule has 2 N–H and O–H groups in total. The number of fused-ring (bicyclic) bond motifs is 1. The van der Waals surface area contributed by atoms with Gasteiger partial charge in [-0.05, 0) is 44.5 Å². The van der Waals surface area contributed by atoms with E-state index in [1.54, 1.807) is 6.20 Å². The number of nitrogens with zero attached hydrogens (tertiary/aromatic N) is 1. The van der Waals surface area contributed by atoms with Crippen LogP contribution in [0.15, 0.2) is 54.7 Å². The molecule has 0 amide bonds. The van der Waals surface area contributed by atoms with Crippen molar-refractivity contribution in [2.24, 2.45) is 0 Å². The number of carbonyl (C=O) groups excluding carboxylic acids is 1. The van der Waals surface area contributed by atoms with Gasteiger partial charge in [-0.1, -0.05) is 54.4 Å². The lowest BCUT2D eigenvalue weighted by molar-refractivity contribution is 0.0324. The standard InChI is InChI=1S/C23H26N2O2/c1-16-9-11-17(12-10-16)21(25-13-5-2-6-14-25)23(27)22(26)19-15-24-20-8-4-3-7-18(19)20/h3-4,7-12,15,21,23-24,27H,2,5-6,13-14H2,1H3/t21-,23-/m0/s1. The molecule has 1 aromatic heterocycles. The molecule has 1 aliphatic heterocycles. The Bertz CT molecular complexity index is 923. The van der Waals surface area contributed by atoms with Gasteiger partial charge in [-0.25, -0.2) is 0 Å². The van der Waals surface area contributed by atoms with E-state index in [9.17, 15) is 9.90 Å². The molecule has 4 nitrogen and oxygen atoms in total. The number of hydrogen-bond donors (Lipinski definition) is 2. The van der Waals surface area contributed by atoms with E-state index < -0.39 is 6.10 Å². The number of hydrogen-bond acceptors (Lipinski definition) is 3. The van der Waals surface area contributed by atoms with Crippen LogP contribution in [0.1, 0.15) is 46.8 Å². The molecular weight excluding hydrogens is 336 g/mol. The van der Waals surface area contributed by atoms with E-state index in [2.05, 4.69) is 22.0 Å². The van der Waals surface area contributed by atoms with Crippen LogP contribution >= 0.6 is 0 Å². The Kier molecular flexibility index (Phi) is 5.10. The first-order valence-corrected chi connectivity index (χ1v) is 9.74. The van der Waals surface area contributed by atoms with Crippen LogP contribution in [0, 0.1) is 6.92 Å². The largest absolute Gasteiger partial charge is 0.383 e. The van der Waals surface area contributed by atoms with Gasteiger partial charge in [0.15, 0.2) is 5.78 Å². The summed E-state index contributed by atoms with van der Waals surface area (Å²) in [6.45, 7) is 3.88. The number of piperidine rings is 1. The number of rotatable bonds is 5. The first-order valence-electron chi connectivity index (χ1n) is 9.74. The van der Waals surface area contributed by atoms with Crippen LogP contribution in [0.2, 0.25) is 0 Å². The normalized spacial score (nSPS) is 17.7. The topological polar surface area (TPSA) is 56.3 Å². The highest BCUT2D eigenvalue weighted by atomic mass is 16.3. The molecule has 0 radical (unpaired) electrons. The molecule has 2 aromatic carbocycles. The van der Waals surface area contributed by atoms with E-state index in [0.717, 1.165) is 42.4 Å². The monoisotopic (exact) mass is 362 g/mol. The molecule has 4 rings (SSSR count). The Labute approximate surface area is 159 Å². The third-order valence-electron chi connectivity index (χ3n) is 5.63. The van der Waals surface area contributed by atoms with Crippen molar-refractivity contribution in [1.82, 2.24) is 9.88 Å². The quantitative estimate of drug-likeness (QED) is 0.667. The second-order valence-electron chi connectivity index (χ2n) is 7.51. The minimum absolute atomic E-state index is 0.219. The molecule has 1 saturated heterocycles. The van der Waals surface area contributed by atoms with Gasteiger partial charge in [0.1, 0.15) is 6.10 Å². The number of aromatic amines is 1. The van der Waals surface area contributed by atoms with Gasteiger partial charge in [-0.15, -0.1) is 0 Å². The van der Waals surface area contributed by atoms with E-state index in [-0.39, 0.29) is 11.8 Å². The number of aliphatic hydroxyl groups excluding tert-OH is 1.